The monoisotopic (exact) mass is 479 g/mol. The number of hydrogen-bond donors (Lipinski definition) is 1. The number of nitrogens with zero attached hydrogens (tertiary/aromatic N) is 2. The molecule has 2 heterocycles. The second-order valence-corrected chi connectivity index (χ2v) is 8.33. The van der Waals surface area contributed by atoms with Gasteiger partial charge in [0.15, 0.2) is 11.9 Å². The van der Waals surface area contributed by atoms with Crippen molar-refractivity contribution >= 4 is 40.7 Å². The standard InChI is InChI=1S/C22H20Cl2FN3O4/c1-3-28-22(30)18(10-31-28)26-21(29)14-5-4-12(6-11(14)2)17-9-19(32-27-17)13-7-15(23)20(25)16(24)8-13/h4-8,18-19H,3,9-10H2,1-2H3,(H,26,29). The van der Waals surface area contributed by atoms with Gasteiger partial charge in [0, 0.05) is 18.5 Å². The number of carbonyl (C=O) groups excluding carboxylic acids is 2. The summed E-state index contributed by atoms with van der Waals surface area (Å²) in [7, 11) is 0. The first kappa shape index (κ1) is 22.5. The molecular formula is C22H20Cl2FN3O4. The van der Waals surface area contributed by atoms with E-state index >= 15 is 0 Å². The molecule has 0 aliphatic carbocycles. The van der Waals surface area contributed by atoms with Gasteiger partial charge in [-0.05, 0) is 54.8 Å². The number of halogens is 3. The Labute approximate surface area is 194 Å². The van der Waals surface area contributed by atoms with Gasteiger partial charge in [-0.3, -0.25) is 14.4 Å². The average molecular weight is 480 g/mol. The highest BCUT2D eigenvalue weighted by Gasteiger charge is 2.34. The molecule has 0 radical (unpaired) electrons. The lowest BCUT2D eigenvalue weighted by atomic mass is 9.97. The molecule has 168 valence electrons. The lowest BCUT2D eigenvalue weighted by molar-refractivity contribution is -0.160. The number of amides is 2. The van der Waals surface area contributed by atoms with Crippen LogP contribution < -0.4 is 5.32 Å². The average Bonchev–Trinajstić information content (AvgIpc) is 3.39. The maximum Gasteiger partial charge on any atom is 0.271 e. The summed E-state index contributed by atoms with van der Waals surface area (Å²) in [5.41, 5.74) is 3.26. The van der Waals surface area contributed by atoms with E-state index < -0.39 is 18.0 Å². The topological polar surface area (TPSA) is 80.2 Å². The van der Waals surface area contributed by atoms with Crippen LogP contribution in [0.1, 0.15) is 46.5 Å². The Hall–Kier alpha value is -2.68. The second kappa shape index (κ2) is 9.05. The minimum absolute atomic E-state index is 0.0797. The van der Waals surface area contributed by atoms with E-state index in [4.69, 9.17) is 32.9 Å². The van der Waals surface area contributed by atoms with Crippen molar-refractivity contribution in [2.45, 2.75) is 32.4 Å². The van der Waals surface area contributed by atoms with Gasteiger partial charge in [-0.1, -0.05) is 34.4 Å². The van der Waals surface area contributed by atoms with E-state index in [1.807, 2.05) is 6.07 Å². The van der Waals surface area contributed by atoms with Crippen LogP contribution in [0.25, 0.3) is 0 Å². The summed E-state index contributed by atoms with van der Waals surface area (Å²) in [6.07, 6.45) is -0.0110. The van der Waals surface area contributed by atoms with Gasteiger partial charge in [0.1, 0.15) is 12.6 Å². The van der Waals surface area contributed by atoms with E-state index in [9.17, 15) is 14.0 Å². The second-order valence-electron chi connectivity index (χ2n) is 7.52. The zero-order valence-electron chi connectivity index (χ0n) is 17.3. The predicted molar refractivity (Wildman–Crippen MR) is 117 cm³/mol. The third-order valence-electron chi connectivity index (χ3n) is 5.38. The van der Waals surface area contributed by atoms with Crippen molar-refractivity contribution in [3.05, 3.63) is 68.4 Å². The number of nitrogens with one attached hydrogen (secondary N) is 1. The molecule has 4 rings (SSSR count). The fourth-order valence-corrected chi connectivity index (χ4v) is 4.15. The van der Waals surface area contributed by atoms with Crippen molar-refractivity contribution in [1.29, 1.82) is 0 Å². The Bertz CT molecular complexity index is 1100. The summed E-state index contributed by atoms with van der Waals surface area (Å²) < 4.78 is 13.7. The normalized spacial score (nSPS) is 20.3. The molecule has 2 atom stereocenters. The fourth-order valence-electron chi connectivity index (χ4n) is 3.65. The SMILES string of the molecule is CCN1OCC(NC(=O)c2ccc(C3=NOC(c4cc(Cl)c(F)c(Cl)c4)C3)cc2C)C1=O. The van der Waals surface area contributed by atoms with E-state index in [0.29, 0.717) is 29.8 Å². The molecule has 0 aromatic heterocycles. The maximum atomic E-state index is 13.7. The minimum atomic E-state index is -0.704. The summed E-state index contributed by atoms with van der Waals surface area (Å²) in [4.78, 5) is 35.6. The first-order valence-corrected chi connectivity index (χ1v) is 10.8. The van der Waals surface area contributed by atoms with E-state index in [2.05, 4.69) is 10.5 Å². The van der Waals surface area contributed by atoms with Crippen molar-refractivity contribution in [2.75, 3.05) is 13.2 Å². The van der Waals surface area contributed by atoms with Crippen molar-refractivity contribution in [3.8, 4) is 0 Å². The Morgan fingerprint density at radius 3 is 2.62 bits per heavy atom. The molecule has 32 heavy (non-hydrogen) atoms. The number of likely N-dealkylation sites (N-methyl/N-ethyl adjacent to an activating group) is 1. The van der Waals surface area contributed by atoms with Gasteiger partial charge in [0.2, 0.25) is 0 Å². The van der Waals surface area contributed by atoms with Crippen LogP contribution in [-0.2, 0) is 14.5 Å². The van der Waals surface area contributed by atoms with E-state index in [1.54, 1.807) is 26.0 Å². The van der Waals surface area contributed by atoms with Crippen LogP contribution in [-0.4, -0.2) is 41.8 Å². The number of hydroxylamine groups is 2. The quantitative estimate of drug-likeness (QED) is 0.651. The molecule has 2 aliphatic rings. The van der Waals surface area contributed by atoms with Gasteiger partial charge >= 0.3 is 0 Å². The number of oxime groups is 1. The van der Waals surface area contributed by atoms with Crippen LogP contribution in [0, 0.1) is 12.7 Å². The summed E-state index contributed by atoms with van der Waals surface area (Å²) in [6.45, 7) is 4.13. The Morgan fingerprint density at radius 2 is 2.00 bits per heavy atom. The smallest absolute Gasteiger partial charge is 0.271 e. The molecule has 0 saturated carbocycles. The molecule has 2 aromatic rings. The van der Waals surface area contributed by atoms with Crippen molar-refractivity contribution in [1.82, 2.24) is 10.4 Å². The molecule has 1 N–H and O–H groups in total. The van der Waals surface area contributed by atoms with Gasteiger partial charge in [0.25, 0.3) is 11.8 Å². The minimum Gasteiger partial charge on any atom is -0.387 e. The van der Waals surface area contributed by atoms with Crippen molar-refractivity contribution < 1.29 is 23.7 Å². The number of benzene rings is 2. The molecule has 2 amide bonds. The molecule has 10 heteroatoms. The van der Waals surface area contributed by atoms with E-state index in [0.717, 1.165) is 11.1 Å². The molecule has 1 fully saturated rings. The molecule has 0 spiro atoms. The number of rotatable bonds is 5. The summed E-state index contributed by atoms with van der Waals surface area (Å²) in [6, 6.07) is 7.51. The van der Waals surface area contributed by atoms with Crippen molar-refractivity contribution in [2.24, 2.45) is 5.16 Å². The third kappa shape index (κ3) is 4.30. The summed E-state index contributed by atoms with van der Waals surface area (Å²) >= 11 is 11.8. The van der Waals surface area contributed by atoms with Gasteiger partial charge in [-0.25, -0.2) is 9.45 Å². The largest absolute Gasteiger partial charge is 0.387 e. The number of aryl methyl sites for hydroxylation is 1. The van der Waals surface area contributed by atoms with Crippen LogP contribution in [0.3, 0.4) is 0 Å². The molecule has 1 saturated heterocycles. The Kier molecular flexibility index (Phi) is 6.37. The van der Waals surface area contributed by atoms with Gasteiger partial charge in [-0.2, -0.15) is 0 Å². The van der Waals surface area contributed by atoms with Crippen LogP contribution in [0.2, 0.25) is 10.0 Å². The lowest BCUT2D eigenvalue weighted by Crippen LogP contribution is -2.42. The predicted octanol–water partition coefficient (Wildman–Crippen LogP) is 4.20. The van der Waals surface area contributed by atoms with E-state index in [-0.39, 0.29) is 28.5 Å². The zero-order chi connectivity index (χ0) is 23.0. The molecule has 2 aliphatic heterocycles. The first-order chi connectivity index (χ1) is 15.3. The zero-order valence-corrected chi connectivity index (χ0v) is 18.8. The Morgan fingerprint density at radius 1 is 1.28 bits per heavy atom. The third-order valence-corrected chi connectivity index (χ3v) is 5.93. The van der Waals surface area contributed by atoms with Crippen LogP contribution in [0.4, 0.5) is 4.39 Å². The molecule has 7 nitrogen and oxygen atoms in total. The number of hydrogen-bond acceptors (Lipinski definition) is 5. The molecular weight excluding hydrogens is 460 g/mol. The van der Waals surface area contributed by atoms with Crippen LogP contribution in [0.5, 0.6) is 0 Å². The molecule has 0 bridgehead atoms. The highest BCUT2D eigenvalue weighted by Crippen LogP contribution is 2.34. The lowest BCUT2D eigenvalue weighted by Gasteiger charge is -2.13. The highest BCUT2D eigenvalue weighted by atomic mass is 35.5. The molecule has 2 aromatic carbocycles. The maximum absolute atomic E-state index is 13.7. The first-order valence-electron chi connectivity index (χ1n) is 10.0. The fraction of sp³-hybridized carbons (Fsp3) is 0.318. The van der Waals surface area contributed by atoms with Gasteiger partial charge < -0.3 is 10.2 Å². The van der Waals surface area contributed by atoms with Crippen molar-refractivity contribution in [3.63, 3.8) is 0 Å². The van der Waals surface area contributed by atoms with Crippen LogP contribution in [0.15, 0.2) is 35.5 Å². The molecule has 2 unspecified atom stereocenters. The highest BCUT2D eigenvalue weighted by molar-refractivity contribution is 6.35. The number of carbonyl (C=O) groups is 2. The van der Waals surface area contributed by atoms with Crippen LogP contribution >= 0.6 is 23.2 Å². The van der Waals surface area contributed by atoms with Gasteiger partial charge in [-0.15, -0.1) is 0 Å². The summed E-state index contributed by atoms with van der Waals surface area (Å²) in [5.74, 6) is -1.29. The van der Waals surface area contributed by atoms with E-state index in [1.165, 1.54) is 17.2 Å². The summed E-state index contributed by atoms with van der Waals surface area (Å²) in [5, 5.41) is 7.93. The van der Waals surface area contributed by atoms with Gasteiger partial charge in [0.05, 0.1) is 15.8 Å². The Balaban J connectivity index is 1.45.